The Hall–Kier alpha value is -1.90. The molecular formula is C14H20N4O2. The number of rotatable bonds is 6. The van der Waals surface area contributed by atoms with E-state index in [1.54, 1.807) is 4.90 Å². The van der Waals surface area contributed by atoms with Crippen molar-refractivity contribution >= 4 is 11.8 Å². The first-order valence-corrected chi connectivity index (χ1v) is 6.86. The number of nitrogens with zero attached hydrogens (tertiary/aromatic N) is 3. The SMILES string of the molecule is C#CCCC1(CCC(=O)N2CCC(C)(C(N)=O)C2)N=N1. The molecule has 2 amide bonds. The monoisotopic (exact) mass is 276 g/mol. The highest BCUT2D eigenvalue weighted by Gasteiger charge is 2.43. The van der Waals surface area contributed by atoms with Crippen molar-refractivity contribution in [2.75, 3.05) is 13.1 Å². The maximum Gasteiger partial charge on any atom is 0.225 e. The van der Waals surface area contributed by atoms with E-state index in [2.05, 4.69) is 16.1 Å². The quantitative estimate of drug-likeness (QED) is 0.735. The van der Waals surface area contributed by atoms with Gasteiger partial charge in [0.05, 0.1) is 5.41 Å². The van der Waals surface area contributed by atoms with Crippen LogP contribution in [0.1, 0.15) is 39.0 Å². The van der Waals surface area contributed by atoms with Gasteiger partial charge >= 0.3 is 0 Å². The van der Waals surface area contributed by atoms with Gasteiger partial charge in [0.25, 0.3) is 0 Å². The van der Waals surface area contributed by atoms with Crippen molar-refractivity contribution in [2.45, 2.75) is 44.7 Å². The number of likely N-dealkylation sites (tertiary alicyclic amines) is 1. The van der Waals surface area contributed by atoms with Crippen molar-refractivity contribution in [3.8, 4) is 12.3 Å². The van der Waals surface area contributed by atoms with Gasteiger partial charge in [-0.05, 0) is 13.3 Å². The average molecular weight is 276 g/mol. The lowest BCUT2D eigenvalue weighted by Crippen LogP contribution is -2.38. The molecule has 0 aromatic carbocycles. The van der Waals surface area contributed by atoms with E-state index >= 15 is 0 Å². The average Bonchev–Trinajstić information content (AvgIpc) is 3.08. The van der Waals surface area contributed by atoms with Crippen molar-refractivity contribution in [1.82, 2.24) is 4.90 Å². The summed E-state index contributed by atoms with van der Waals surface area (Å²) in [5.41, 5.74) is 4.36. The molecule has 0 saturated carbocycles. The molecule has 2 rings (SSSR count). The number of hydrogen-bond donors (Lipinski definition) is 1. The van der Waals surface area contributed by atoms with Crippen LogP contribution in [-0.2, 0) is 9.59 Å². The van der Waals surface area contributed by atoms with Crippen LogP contribution in [-0.4, -0.2) is 35.5 Å². The predicted molar refractivity (Wildman–Crippen MR) is 73.4 cm³/mol. The van der Waals surface area contributed by atoms with Gasteiger partial charge in [-0.2, -0.15) is 10.2 Å². The highest BCUT2D eigenvalue weighted by Crippen LogP contribution is 2.38. The summed E-state index contributed by atoms with van der Waals surface area (Å²) in [7, 11) is 0. The van der Waals surface area contributed by atoms with E-state index in [0.717, 1.165) is 0 Å². The summed E-state index contributed by atoms with van der Waals surface area (Å²) in [6.45, 7) is 2.80. The third-order valence-corrected chi connectivity index (χ3v) is 4.21. The molecule has 1 fully saturated rings. The summed E-state index contributed by atoms with van der Waals surface area (Å²) < 4.78 is 0. The van der Waals surface area contributed by atoms with E-state index in [-0.39, 0.29) is 11.8 Å². The molecule has 2 aliphatic rings. The molecule has 2 aliphatic heterocycles. The standard InChI is InChI=1S/C14H20N4O2/c1-3-4-6-14(16-17-14)7-5-11(19)18-9-8-13(2,10-18)12(15)20/h1H,4-10H2,2H3,(H2,15,20). The predicted octanol–water partition coefficient (Wildman–Crippen LogP) is 1.07. The van der Waals surface area contributed by atoms with Crippen LogP contribution in [0.3, 0.4) is 0 Å². The van der Waals surface area contributed by atoms with Crippen LogP contribution >= 0.6 is 0 Å². The zero-order chi connectivity index (χ0) is 14.8. The van der Waals surface area contributed by atoms with E-state index in [4.69, 9.17) is 12.2 Å². The van der Waals surface area contributed by atoms with Crippen LogP contribution in [0.2, 0.25) is 0 Å². The summed E-state index contributed by atoms with van der Waals surface area (Å²) in [6, 6.07) is 0. The summed E-state index contributed by atoms with van der Waals surface area (Å²) in [4.78, 5) is 25.2. The number of carbonyl (C=O) groups excluding carboxylic acids is 2. The van der Waals surface area contributed by atoms with E-state index in [0.29, 0.717) is 45.2 Å². The lowest BCUT2D eigenvalue weighted by Gasteiger charge is -2.21. The van der Waals surface area contributed by atoms with E-state index in [1.165, 1.54) is 0 Å². The molecule has 0 aromatic rings. The fourth-order valence-electron chi connectivity index (χ4n) is 2.51. The number of nitrogens with two attached hydrogens (primary N) is 1. The second-order valence-corrected chi connectivity index (χ2v) is 5.88. The Kier molecular flexibility index (Phi) is 3.80. The van der Waals surface area contributed by atoms with Crippen LogP contribution in [0.4, 0.5) is 0 Å². The van der Waals surface area contributed by atoms with Gasteiger partial charge < -0.3 is 10.6 Å². The van der Waals surface area contributed by atoms with Gasteiger partial charge in [-0.15, -0.1) is 12.3 Å². The lowest BCUT2D eigenvalue weighted by molar-refractivity contribution is -0.131. The molecule has 1 saturated heterocycles. The van der Waals surface area contributed by atoms with Crippen molar-refractivity contribution in [2.24, 2.45) is 21.4 Å². The minimum atomic E-state index is -0.592. The molecule has 0 spiro atoms. The van der Waals surface area contributed by atoms with Crippen molar-refractivity contribution in [3.05, 3.63) is 0 Å². The smallest absolute Gasteiger partial charge is 0.225 e. The first kappa shape index (κ1) is 14.5. The summed E-state index contributed by atoms with van der Waals surface area (Å²) >= 11 is 0. The van der Waals surface area contributed by atoms with E-state index < -0.39 is 11.1 Å². The van der Waals surface area contributed by atoms with Gasteiger partial charge in [-0.25, -0.2) is 0 Å². The first-order valence-electron chi connectivity index (χ1n) is 6.86. The molecule has 2 N–H and O–H groups in total. The Balaban J connectivity index is 1.80. The number of hydrogen-bond acceptors (Lipinski definition) is 4. The van der Waals surface area contributed by atoms with Gasteiger partial charge in [0.2, 0.25) is 11.8 Å². The molecule has 1 unspecified atom stereocenters. The Morgan fingerprint density at radius 1 is 1.40 bits per heavy atom. The summed E-state index contributed by atoms with van der Waals surface area (Å²) in [5, 5.41) is 8.02. The number of amides is 2. The van der Waals surface area contributed by atoms with Gasteiger partial charge in [0, 0.05) is 38.8 Å². The van der Waals surface area contributed by atoms with Crippen LogP contribution in [0.5, 0.6) is 0 Å². The Labute approximate surface area is 118 Å². The minimum Gasteiger partial charge on any atom is -0.369 e. The Bertz CT molecular complexity index is 488. The number of primary amides is 1. The van der Waals surface area contributed by atoms with Gasteiger partial charge in [0.1, 0.15) is 0 Å². The molecule has 6 nitrogen and oxygen atoms in total. The molecule has 2 heterocycles. The largest absolute Gasteiger partial charge is 0.369 e. The molecule has 20 heavy (non-hydrogen) atoms. The molecular weight excluding hydrogens is 256 g/mol. The topological polar surface area (TPSA) is 88.1 Å². The van der Waals surface area contributed by atoms with Crippen LogP contribution in [0.15, 0.2) is 10.2 Å². The maximum absolute atomic E-state index is 12.2. The fraction of sp³-hybridized carbons (Fsp3) is 0.714. The second kappa shape index (κ2) is 5.23. The maximum atomic E-state index is 12.2. The summed E-state index contributed by atoms with van der Waals surface area (Å²) in [6.07, 6.45) is 8.15. The third-order valence-electron chi connectivity index (χ3n) is 4.21. The fourth-order valence-corrected chi connectivity index (χ4v) is 2.51. The van der Waals surface area contributed by atoms with Crippen molar-refractivity contribution < 1.29 is 9.59 Å². The van der Waals surface area contributed by atoms with Gasteiger partial charge in [0.15, 0.2) is 5.66 Å². The second-order valence-electron chi connectivity index (χ2n) is 5.88. The minimum absolute atomic E-state index is 0.0346. The highest BCUT2D eigenvalue weighted by molar-refractivity contribution is 5.83. The first-order chi connectivity index (χ1) is 9.41. The van der Waals surface area contributed by atoms with Crippen molar-refractivity contribution in [1.29, 1.82) is 0 Å². The lowest BCUT2D eigenvalue weighted by atomic mass is 9.89. The molecule has 1 atom stereocenters. The van der Waals surface area contributed by atoms with Gasteiger partial charge in [-0.1, -0.05) is 0 Å². The van der Waals surface area contributed by atoms with Crippen LogP contribution < -0.4 is 5.73 Å². The zero-order valence-corrected chi connectivity index (χ0v) is 11.8. The molecule has 0 aromatic heterocycles. The zero-order valence-electron chi connectivity index (χ0n) is 11.8. The molecule has 108 valence electrons. The van der Waals surface area contributed by atoms with Crippen LogP contribution in [0, 0.1) is 17.8 Å². The number of carbonyl (C=O) groups is 2. The highest BCUT2D eigenvalue weighted by atomic mass is 16.2. The molecule has 6 heteroatoms. The Morgan fingerprint density at radius 2 is 2.10 bits per heavy atom. The van der Waals surface area contributed by atoms with E-state index in [9.17, 15) is 9.59 Å². The van der Waals surface area contributed by atoms with E-state index in [1.807, 2.05) is 6.92 Å². The Morgan fingerprint density at radius 3 is 2.60 bits per heavy atom. The van der Waals surface area contributed by atoms with Crippen molar-refractivity contribution in [3.63, 3.8) is 0 Å². The number of terminal acetylenes is 1. The normalized spacial score (nSPS) is 26.3. The molecule has 0 bridgehead atoms. The molecule has 0 aliphatic carbocycles. The summed E-state index contributed by atoms with van der Waals surface area (Å²) in [5.74, 6) is 2.26. The third kappa shape index (κ3) is 2.98. The van der Waals surface area contributed by atoms with Crippen LogP contribution in [0.25, 0.3) is 0 Å². The van der Waals surface area contributed by atoms with Gasteiger partial charge in [-0.3, -0.25) is 9.59 Å². The molecule has 0 radical (unpaired) electrons.